The van der Waals surface area contributed by atoms with Gasteiger partial charge in [0, 0.05) is 17.2 Å². The first-order valence-electron chi connectivity index (χ1n) is 7.83. The van der Waals surface area contributed by atoms with Crippen molar-refractivity contribution in [3.05, 3.63) is 57.3 Å². The number of hydrogen-bond donors (Lipinski definition) is 0. The van der Waals surface area contributed by atoms with Gasteiger partial charge in [-0.25, -0.2) is 0 Å². The van der Waals surface area contributed by atoms with Crippen LogP contribution in [0.4, 0.5) is 0 Å². The van der Waals surface area contributed by atoms with Gasteiger partial charge in [0.15, 0.2) is 0 Å². The summed E-state index contributed by atoms with van der Waals surface area (Å²) in [5, 5.41) is 2.13. The minimum atomic E-state index is 0.129. The summed E-state index contributed by atoms with van der Waals surface area (Å²) in [6.45, 7) is 4.39. The molecule has 0 saturated heterocycles. The Balaban J connectivity index is 1.73. The lowest BCUT2D eigenvalue weighted by Gasteiger charge is -2.21. The third kappa shape index (κ3) is 3.11. The molecular weight excluding hydrogens is 276 g/mol. The Labute approximate surface area is 131 Å². The molecule has 0 bridgehead atoms. The number of Topliss-reactive ketones (excluding diaryl/α,β-unsaturated/α-hetero) is 1. The van der Waals surface area contributed by atoms with Crippen molar-refractivity contribution in [2.75, 3.05) is 0 Å². The van der Waals surface area contributed by atoms with Crippen molar-refractivity contribution in [2.45, 2.75) is 51.4 Å². The predicted octanol–water partition coefficient (Wildman–Crippen LogP) is 5.10. The van der Waals surface area contributed by atoms with E-state index >= 15 is 0 Å². The molecule has 0 aliphatic heterocycles. The van der Waals surface area contributed by atoms with Crippen molar-refractivity contribution in [3.63, 3.8) is 0 Å². The number of hydrogen-bond acceptors (Lipinski definition) is 2. The first kappa shape index (κ1) is 14.5. The second-order valence-corrected chi connectivity index (χ2v) is 7.28. The second-order valence-electron chi connectivity index (χ2n) is 6.28. The van der Waals surface area contributed by atoms with Crippen molar-refractivity contribution >= 4 is 17.1 Å². The van der Waals surface area contributed by atoms with Gasteiger partial charge >= 0.3 is 0 Å². The molecule has 2 heteroatoms. The molecule has 1 aliphatic rings. The van der Waals surface area contributed by atoms with Crippen LogP contribution in [0.5, 0.6) is 0 Å². The van der Waals surface area contributed by atoms with Gasteiger partial charge in [0.2, 0.25) is 0 Å². The smallest absolute Gasteiger partial charge is 0.144 e. The number of ketones is 1. The average Bonchev–Trinajstić information content (AvgIpc) is 2.96. The zero-order chi connectivity index (χ0) is 14.8. The van der Waals surface area contributed by atoms with Gasteiger partial charge < -0.3 is 0 Å². The number of aryl methyl sites for hydroxylation is 1. The molecule has 3 rings (SSSR count). The normalized spacial score (nSPS) is 17.8. The number of benzene rings is 1. The lowest BCUT2D eigenvalue weighted by Crippen LogP contribution is -2.19. The van der Waals surface area contributed by atoms with E-state index in [1.54, 1.807) is 11.3 Å². The number of thiophene rings is 1. The first-order valence-corrected chi connectivity index (χ1v) is 8.71. The molecule has 1 aromatic heterocycles. The fourth-order valence-electron chi connectivity index (χ4n) is 3.17. The first-order chi connectivity index (χ1) is 10.1. The van der Waals surface area contributed by atoms with E-state index in [1.807, 2.05) is 0 Å². The van der Waals surface area contributed by atoms with Crippen LogP contribution in [0.25, 0.3) is 0 Å². The SMILES string of the molecule is CC(C)c1ccc(CC(=O)C2CCCc3sccc32)cc1. The monoisotopic (exact) mass is 298 g/mol. The fraction of sp³-hybridized carbons (Fsp3) is 0.421. The van der Waals surface area contributed by atoms with Gasteiger partial charge in [-0.05, 0) is 53.3 Å². The van der Waals surface area contributed by atoms with Crippen LogP contribution in [-0.4, -0.2) is 5.78 Å². The van der Waals surface area contributed by atoms with Crippen LogP contribution in [-0.2, 0) is 17.6 Å². The zero-order valence-corrected chi connectivity index (χ0v) is 13.6. The minimum absolute atomic E-state index is 0.129. The Bertz CT molecular complexity index is 621. The highest BCUT2D eigenvalue weighted by molar-refractivity contribution is 7.10. The molecule has 1 aromatic carbocycles. The maximum absolute atomic E-state index is 12.7. The van der Waals surface area contributed by atoms with E-state index in [2.05, 4.69) is 49.6 Å². The Hall–Kier alpha value is -1.41. The third-order valence-corrected chi connectivity index (χ3v) is 5.46. The maximum Gasteiger partial charge on any atom is 0.144 e. The summed E-state index contributed by atoms with van der Waals surface area (Å²) in [5.74, 6) is 1.05. The lowest BCUT2D eigenvalue weighted by molar-refractivity contribution is -0.120. The molecule has 110 valence electrons. The summed E-state index contributed by atoms with van der Waals surface area (Å²) < 4.78 is 0. The Morgan fingerprint density at radius 1 is 1.24 bits per heavy atom. The molecule has 0 fully saturated rings. The maximum atomic E-state index is 12.7. The van der Waals surface area contributed by atoms with E-state index in [0.717, 1.165) is 24.8 Å². The molecular formula is C19H22OS. The van der Waals surface area contributed by atoms with Crippen LogP contribution in [0.15, 0.2) is 35.7 Å². The lowest BCUT2D eigenvalue weighted by atomic mass is 9.83. The van der Waals surface area contributed by atoms with Gasteiger partial charge in [-0.15, -0.1) is 11.3 Å². The molecule has 0 radical (unpaired) electrons. The zero-order valence-electron chi connectivity index (χ0n) is 12.8. The average molecular weight is 298 g/mol. The van der Waals surface area contributed by atoms with Crippen LogP contribution in [0.2, 0.25) is 0 Å². The van der Waals surface area contributed by atoms with Crippen LogP contribution >= 0.6 is 11.3 Å². The van der Waals surface area contributed by atoms with Crippen molar-refractivity contribution in [1.82, 2.24) is 0 Å². The van der Waals surface area contributed by atoms with Crippen LogP contribution in [0.1, 0.15) is 60.1 Å². The highest BCUT2D eigenvalue weighted by Gasteiger charge is 2.26. The molecule has 1 atom stereocenters. The van der Waals surface area contributed by atoms with Gasteiger partial charge in [-0.1, -0.05) is 38.1 Å². The number of carbonyl (C=O) groups is 1. The molecule has 0 saturated carbocycles. The van der Waals surface area contributed by atoms with Gasteiger partial charge in [0.1, 0.15) is 5.78 Å². The summed E-state index contributed by atoms with van der Waals surface area (Å²) in [6, 6.07) is 10.7. The van der Waals surface area contributed by atoms with Crippen molar-refractivity contribution in [2.24, 2.45) is 0 Å². The van der Waals surface area contributed by atoms with E-state index in [-0.39, 0.29) is 5.92 Å². The highest BCUT2D eigenvalue weighted by Crippen LogP contribution is 2.36. The largest absolute Gasteiger partial charge is 0.299 e. The van der Waals surface area contributed by atoms with E-state index < -0.39 is 0 Å². The highest BCUT2D eigenvalue weighted by atomic mass is 32.1. The molecule has 21 heavy (non-hydrogen) atoms. The molecule has 0 amide bonds. The molecule has 1 nitrogen and oxygen atoms in total. The molecule has 0 spiro atoms. The van der Waals surface area contributed by atoms with Gasteiger partial charge in [0.05, 0.1) is 0 Å². The minimum Gasteiger partial charge on any atom is -0.299 e. The summed E-state index contributed by atoms with van der Waals surface area (Å²) in [5.41, 5.74) is 3.78. The van der Waals surface area contributed by atoms with E-state index in [0.29, 0.717) is 18.1 Å². The number of rotatable bonds is 4. The molecule has 1 aliphatic carbocycles. The predicted molar refractivity (Wildman–Crippen MR) is 89.2 cm³/mol. The van der Waals surface area contributed by atoms with Crippen molar-refractivity contribution < 1.29 is 4.79 Å². The van der Waals surface area contributed by atoms with Gasteiger partial charge in [0.25, 0.3) is 0 Å². The molecule has 1 heterocycles. The van der Waals surface area contributed by atoms with E-state index in [4.69, 9.17) is 0 Å². The van der Waals surface area contributed by atoms with Gasteiger partial charge in [-0.2, -0.15) is 0 Å². The quantitative estimate of drug-likeness (QED) is 0.767. The molecule has 0 N–H and O–H groups in total. The van der Waals surface area contributed by atoms with Crippen molar-refractivity contribution in [3.8, 4) is 0 Å². The Morgan fingerprint density at radius 3 is 2.71 bits per heavy atom. The van der Waals surface area contributed by atoms with Crippen LogP contribution < -0.4 is 0 Å². The summed E-state index contributed by atoms with van der Waals surface area (Å²) >= 11 is 1.81. The van der Waals surface area contributed by atoms with E-state index in [1.165, 1.54) is 16.0 Å². The second kappa shape index (κ2) is 6.15. The Kier molecular flexibility index (Phi) is 4.25. The number of fused-ring (bicyclic) bond motifs is 1. The number of carbonyl (C=O) groups excluding carboxylic acids is 1. The summed E-state index contributed by atoms with van der Waals surface area (Å²) in [4.78, 5) is 14.1. The van der Waals surface area contributed by atoms with Crippen LogP contribution in [0.3, 0.4) is 0 Å². The standard InChI is InChI=1S/C19H22OS/c1-13(2)15-8-6-14(7-9-15)12-18(20)16-4-3-5-19-17(16)10-11-21-19/h6-11,13,16H,3-5,12H2,1-2H3. The Morgan fingerprint density at radius 2 is 2.00 bits per heavy atom. The third-order valence-electron chi connectivity index (χ3n) is 4.47. The molecule has 2 aromatic rings. The topological polar surface area (TPSA) is 17.1 Å². The van der Waals surface area contributed by atoms with Gasteiger partial charge in [-0.3, -0.25) is 4.79 Å². The van der Waals surface area contributed by atoms with Crippen molar-refractivity contribution in [1.29, 1.82) is 0 Å². The molecule has 1 unspecified atom stereocenters. The van der Waals surface area contributed by atoms with Crippen LogP contribution in [0, 0.1) is 0 Å². The summed E-state index contributed by atoms with van der Waals surface area (Å²) in [6.07, 6.45) is 3.89. The fourth-order valence-corrected chi connectivity index (χ4v) is 4.15. The summed E-state index contributed by atoms with van der Waals surface area (Å²) in [7, 11) is 0. The van der Waals surface area contributed by atoms with E-state index in [9.17, 15) is 4.79 Å².